The Kier molecular flexibility index (Phi) is 11.3. The number of ether oxygens (including phenoxy) is 1. The van der Waals surface area contributed by atoms with Crippen LogP contribution in [-0.2, 0) is 22.4 Å². The minimum atomic E-state index is -0.518. The summed E-state index contributed by atoms with van der Waals surface area (Å²) in [5.74, 6) is -0.152. The Bertz CT molecular complexity index is 2120. The van der Waals surface area contributed by atoms with Gasteiger partial charge in [-0.3, -0.25) is 14.4 Å². The normalized spacial score (nSPS) is 14.4. The number of nitrogens with zero attached hydrogens (tertiary/aromatic N) is 1. The number of carbonyl (C=O) groups is 3. The van der Waals surface area contributed by atoms with Crippen LogP contribution in [0.25, 0.3) is 6.08 Å². The Balaban J connectivity index is 1.13. The topological polar surface area (TPSA) is 120 Å². The number of benzene rings is 4. The molecule has 0 spiro atoms. The fourth-order valence-corrected chi connectivity index (χ4v) is 8.17. The highest BCUT2D eigenvalue weighted by Crippen LogP contribution is 2.42. The summed E-state index contributed by atoms with van der Waals surface area (Å²) in [6.45, 7) is 1.81. The summed E-state index contributed by atoms with van der Waals surface area (Å²) in [5, 5.41) is 18.8. The molecule has 2 unspecified atom stereocenters. The average Bonchev–Trinajstić information content (AvgIpc) is 3.51. The molecule has 0 saturated heterocycles. The van der Waals surface area contributed by atoms with Crippen LogP contribution in [0.15, 0.2) is 120 Å². The van der Waals surface area contributed by atoms with Crippen molar-refractivity contribution in [2.24, 2.45) is 0 Å². The van der Waals surface area contributed by atoms with E-state index in [2.05, 4.69) is 46.3 Å². The standard InChI is InChI=1S/C41H36N4O4S2/c1-26(38(46)45-41-35(25-42)34-20-19-30(23-37(34)51-41)28-12-5-3-6-13-28)50-33-18-10-16-31(24-33)43-40(48)36(22-27-11-9-17-32(21-27)49-2)44-39(47)29-14-7-4-8-15-29/h3-18,21-22,24,26,30H,19-20,23H2,1-2H3,(H,43,48)(H,44,47)(H,45,46)/b36-22-. The molecule has 0 fully saturated rings. The fraction of sp³-hybridized carbons (Fsp3) is 0.171. The Morgan fingerprint density at radius 2 is 1.69 bits per heavy atom. The molecule has 6 rings (SSSR count). The van der Waals surface area contributed by atoms with Gasteiger partial charge in [-0.15, -0.1) is 23.1 Å². The third-order valence-electron chi connectivity index (χ3n) is 8.59. The summed E-state index contributed by atoms with van der Waals surface area (Å²) in [7, 11) is 1.56. The Morgan fingerprint density at radius 3 is 2.43 bits per heavy atom. The second kappa shape index (κ2) is 16.4. The van der Waals surface area contributed by atoms with Gasteiger partial charge in [-0.25, -0.2) is 0 Å². The Labute approximate surface area is 305 Å². The third-order valence-corrected chi connectivity index (χ3v) is 10.9. The lowest BCUT2D eigenvalue weighted by Gasteiger charge is -2.22. The van der Waals surface area contributed by atoms with Crippen molar-refractivity contribution in [3.8, 4) is 11.8 Å². The van der Waals surface area contributed by atoms with Crippen LogP contribution in [-0.4, -0.2) is 30.1 Å². The van der Waals surface area contributed by atoms with E-state index in [0.717, 1.165) is 34.6 Å². The molecule has 256 valence electrons. The second-order valence-electron chi connectivity index (χ2n) is 12.1. The first kappa shape index (κ1) is 35.2. The van der Waals surface area contributed by atoms with E-state index in [1.807, 2.05) is 25.1 Å². The maximum atomic E-state index is 13.6. The van der Waals surface area contributed by atoms with Crippen molar-refractivity contribution in [1.29, 1.82) is 5.26 Å². The van der Waals surface area contributed by atoms with Crippen molar-refractivity contribution in [2.45, 2.75) is 42.2 Å². The van der Waals surface area contributed by atoms with Crippen LogP contribution in [0.5, 0.6) is 5.75 Å². The van der Waals surface area contributed by atoms with Crippen molar-refractivity contribution < 1.29 is 19.1 Å². The Morgan fingerprint density at radius 1 is 0.941 bits per heavy atom. The van der Waals surface area contributed by atoms with E-state index in [9.17, 15) is 19.6 Å². The number of thiophene rings is 1. The number of hydrogen-bond acceptors (Lipinski definition) is 7. The molecule has 2 atom stereocenters. The fourth-order valence-electron chi connectivity index (χ4n) is 5.96. The quantitative estimate of drug-likeness (QED) is 0.0934. The van der Waals surface area contributed by atoms with Gasteiger partial charge < -0.3 is 20.7 Å². The van der Waals surface area contributed by atoms with E-state index in [1.165, 1.54) is 28.7 Å². The highest BCUT2D eigenvalue weighted by molar-refractivity contribution is 8.00. The molecule has 0 saturated carbocycles. The SMILES string of the molecule is COc1cccc(/C=C(\NC(=O)c2ccccc2)C(=O)Nc2cccc(SC(C)C(=O)Nc3sc4c(c3C#N)CCC(c3ccccc3)C4)c2)c1. The molecule has 10 heteroatoms. The van der Waals surface area contributed by atoms with Crippen molar-refractivity contribution >= 4 is 57.6 Å². The van der Waals surface area contributed by atoms with E-state index >= 15 is 0 Å². The zero-order valence-electron chi connectivity index (χ0n) is 28.1. The van der Waals surface area contributed by atoms with Gasteiger partial charge in [0.25, 0.3) is 11.8 Å². The molecular formula is C41H36N4O4S2. The zero-order valence-corrected chi connectivity index (χ0v) is 29.8. The lowest BCUT2D eigenvalue weighted by molar-refractivity contribution is -0.115. The van der Waals surface area contributed by atoms with Gasteiger partial charge in [0.05, 0.1) is 17.9 Å². The van der Waals surface area contributed by atoms with Crippen molar-refractivity contribution in [3.63, 3.8) is 0 Å². The van der Waals surface area contributed by atoms with Crippen LogP contribution >= 0.6 is 23.1 Å². The van der Waals surface area contributed by atoms with E-state index < -0.39 is 17.1 Å². The molecule has 3 N–H and O–H groups in total. The summed E-state index contributed by atoms with van der Waals surface area (Å²) in [6, 6.07) is 35.8. The highest BCUT2D eigenvalue weighted by atomic mass is 32.2. The summed E-state index contributed by atoms with van der Waals surface area (Å²) in [5.41, 5.74) is 4.53. The number of thioether (sulfide) groups is 1. The van der Waals surface area contributed by atoms with Crippen LogP contribution in [0.3, 0.4) is 0 Å². The monoisotopic (exact) mass is 712 g/mol. The van der Waals surface area contributed by atoms with Crippen LogP contribution < -0.4 is 20.7 Å². The number of anilines is 2. The molecule has 0 radical (unpaired) electrons. The average molecular weight is 713 g/mol. The van der Waals surface area contributed by atoms with E-state index in [-0.39, 0.29) is 11.6 Å². The van der Waals surface area contributed by atoms with Gasteiger partial charge in [0.15, 0.2) is 0 Å². The first-order chi connectivity index (χ1) is 24.8. The smallest absolute Gasteiger partial charge is 0.272 e. The summed E-state index contributed by atoms with van der Waals surface area (Å²) < 4.78 is 5.33. The molecule has 0 aliphatic heterocycles. The van der Waals surface area contributed by atoms with Gasteiger partial charge in [0.1, 0.15) is 22.5 Å². The number of hydrogen-bond donors (Lipinski definition) is 3. The number of amides is 3. The summed E-state index contributed by atoms with van der Waals surface area (Å²) >= 11 is 2.84. The molecule has 3 amide bonds. The number of carbonyl (C=O) groups excluding carboxylic acids is 3. The van der Waals surface area contributed by atoms with Crippen molar-refractivity contribution in [3.05, 3.63) is 148 Å². The molecule has 4 aromatic carbocycles. The molecule has 1 aromatic heterocycles. The van der Waals surface area contributed by atoms with Crippen LogP contribution in [0.2, 0.25) is 0 Å². The number of nitriles is 1. The zero-order chi connectivity index (χ0) is 35.7. The highest BCUT2D eigenvalue weighted by Gasteiger charge is 2.28. The minimum Gasteiger partial charge on any atom is -0.497 e. The molecule has 8 nitrogen and oxygen atoms in total. The minimum absolute atomic E-state index is 0.0462. The van der Waals surface area contributed by atoms with Gasteiger partial charge in [-0.1, -0.05) is 66.7 Å². The molecule has 51 heavy (non-hydrogen) atoms. The second-order valence-corrected chi connectivity index (χ2v) is 14.6. The van der Waals surface area contributed by atoms with Crippen LogP contribution in [0.4, 0.5) is 10.7 Å². The predicted octanol–water partition coefficient (Wildman–Crippen LogP) is 8.43. The van der Waals surface area contributed by atoms with Crippen LogP contribution in [0.1, 0.15) is 56.8 Å². The lowest BCUT2D eigenvalue weighted by Crippen LogP contribution is -2.30. The van der Waals surface area contributed by atoms with Crippen LogP contribution in [0, 0.1) is 11.3 Å². The molecule has 1 aliphatic rings. The third kappa shape index (κ3) is 8.76. The number of methoxy groups -OCH3 is 1. The van der Waals surface area contributed by atoms with Gasteiger partial charge in [-0.05, 0) is 97.3 Å². The predicted molar refractivity (Wildman–Crippen MR) is 204 cm³/mol. The molecular weight excluding hydrogens is 677 g/mol. The summed E-state index contributed by atoms with van der Waals surface area (Å²) in [6.07, 6.45) is 4.21. The van der Waals surface area contributed by atoms with Gasteiger partial charge in [-0.2, -0.15) is 5.26 Å². The van der Waals surface area contributed by atoms with E-state index in [1.54, 1.807) is 79.9 Å². The first-order valence-electron chi connectivity index (χ1n) is 16.5. The number of fused-ring (bicyclic) bond motifs is 1. The molecule has 1 heterocycles. The lowest BCUT2D eigenvalue weighted by atomic mass is 9.83. The van der Waals surface area contributed by atoms with Gasteiger partial charge >= 0.3 is 0 Å². The summed E-state index contributed by atoms with van der Waals surface area (Å²) in [4.78, 5) is 42.0. The van der Waals surface area contributed by atoms with Crippen molar-refractivity contribution in [1.82, 2.24) is 5.32 Å². The van der Waals surface area contributed by atoms with Gasteiger partial charge in [0, 0.05) is 21.0 Å². The molecule has 0 bridgehead atoms. The van der Waals surface area contributed by atoms with E-state index in [4.69, 9.17) is 4.74 Å². The maximum absolute atomic E-state index is 13.6. The largest absolute Gasteiger partial charge is 0.497 e. The number of nitrogens with one attached hydrogen (secondary N) is 3. The maximum Gasteiger partial charge on any atom is 0.272 e. The number of rotatable bonds is 11. The van der Waals surface area contributed by atoms with E-state index in [0.29, 0.717) is 39.0 Å². The van der Waals surface area contributed by atoms with Gasteiger partial charge in [0.2, 0.25) is 5.91 Å². The molecule has 5 aromatic rings. The first-order valence-corrected chi connectivity index (χ1v) is 18.2. The van der Waals surface area contributed by atoms with Crippen molar-refractivity contribution in [2.75, 3.05) is 17.7 Å². The molecule has 1 aliphatic carbocycles. The Hall–Kier alpha value is -5.63.